The highest BCUT2D eigenvalue weighted by Gasteiger charge is 2.30. The van der Waals surface area contributed by atoms with Gasteiger partial charge in [-0.15, -0.1) is 11.3 Å². The van der Waals surface area contributed by atoms with Gasteiger partial charge < -0.3 is 15.4 Å². The molecule has 0 spiro atoms. The Morgan fingerprint density at radius 2 is 2.26 bits per heavy atom. The molecule has 1 aromatic rings. The third kappa shape index (κ3) is 2.79. The normalized spacial score (nSPS) is 22.3. The lowest BCUT2D eigenvalue weighted by Crippen LogP contribution is -2.32. The van der Waals surface area contributed by atoms with Gasteiger partial charge in [0.25, 0.3) is 0 Å². The van der Waals surface area contributed by atoms with Gasteiger partial charge in [0.15, 0.2) is 0 Å². The number of aryl methyl sites for hydroxylation is 1. The van der Waals surface area contributed by atoms with E-state index in [9.17, 15) is 9.59 Å². The van der Waals surface area contributed by atoms with E-state index in [0.717, 1.165) is 18.5 Å². The molecule has 0 bridgehead atoms. The highest BCUT2D eigenvalue weighted by atomic mass is 32.1. The Bertz CT molecular complexity index is 498. The molecule has 5 nitrogen and oxygen atoms in total. The van der Waals surface area contributed by atoms with E-state index in [1.807, 2.05) is 19.2 Å². The lowest BCUT2D eigenvalue weighted by molar-refractivity contribution is -0.120. The number of carbonyl (C=O) groups excluding carboxylic acids is 2. The van der Waals surface area contributed by atoms with E-state index < -0.39 is 5.97 Å². The topological polar surface area (TPSA) is 67.4 Å². The number of hydrogen-bond acceptors (Lipinski definition) is 5. The van der Waals surface area contributed by atoms with Gasteiger partial charge >= 0.3 is 5.97 Å². The zero-order valence-corrected chi connectivity index (χ0v) is 12.1. The third-order valence-corrected chi connectivity index (χ3v) is 4.53. The van der Waals surface area contributed by atoms with E-state index in [0.29, 0.717) is 10.6 Å². The van der Waals surface area contributed by atoms with Crippen molar-refractivity contribution < 1.29 is 14.3 Å². The van der Waals surface area contributed by atoms with E-state index in [1.165, 1.54) is 18.4 Å². The fourth-order valence-corrected chi connectivity index (χ4v) is 3.20. The molecule has 1 aromatic heterocycles. The second kappa shape index (κ2) is 5.71. The number of thiophene rings is 1. The van der Waals surface area contributed by atoms with Crippen molar-refractivity contribution in [2.75, 3.05) is 19.0 Å². The average Bonchev–Trinajstić information content (AvgIpc) is 2.96. The van der Waals surface area contributed by atoms with E-state index in [4.69, 9.17) is 4.74 Å². The highest BCUT2D eigenvalue weighted by Crippen LogP contribution is 2.29. The maximum atomic E-state index is 12.2. The Kier molecular flexibility index (Phi) is 4.21. The highest BCUT2D eigenvalue weighted by molar-refractivity contribution is 7.12. The number of amides is 1. The molecule has 2 atom stereocenters. The average molecular weight is 282 g/mol. The zero-order valence-electron chi connectivity index (χ0n) is 11.3. The van der Waals surface area contributed by atoms with Crippen LogP contribution in [0.1, 0.15) is 28.6 Å². The molecule has 2 unspecified atom stereocenters. The first kappa shape index (κ1) is 14.0. The summed E-state index contributed by atoms with van der Waals surface area (Å²) in [6.45, 7) is 4.72. The van der Waals surface area contributed by atoms with Crippen molar-refractivity contribution in [1.82, 2.24) is 5.32 Å². The maximum absolute atomic E-state index is 12.2. The molecule has 6 heteroatoms. The van der Waals surface area contributed by atoms with Crippen molar-refractivity contribution in [1.29, 1.82) is 0 Å². The SMILES string of the molecule is COC(=O)c1scc(C)c1NC(=O)C1CCNC1C. The van der Waals surface area contributed by atoms with Crippen LogP contribution in [0.4, 0.5) is 5.69 Å². The summed E-state index contributed by atoms with van der Waals surface area (Å²) >= 11 is 1.29. The Morgan fingerprint density at radius 3 is 2.84 bits per heavy atom. The maximum Gasteiger partial charge on any atom is 0.350 e. The van der Waals surface area contributed by atoms with Gasteiger partial charge in [-0.3, -0.25) is 4.79 Å². The molecule has 104 valence electrons. The molecular formula is C13H18N2O3S. The van der Waals surface area contributed by atoms with Crippen molar-refractivity contribution in [3.8, 4) is 0 Å². The van der Waals surface area contributed by atoms with Crippen molar-refractivity contribution in [3.63, 3.8) is 0 Å². The molecule has 0 saturated carbocycles. The summed E-state index contributed by atoms with van der Waals surface area (Å²) in [7, 11) is 1.34. The van der Waals surface area contributed by atoms with Crippen LogP contribution in [0.15, 0.2) is 5.38 Å². The largest absolute Gasteiger partial charge is 0.465 e. The number of hydrogen-bond donors (Lipinski definition) is 2. The van der Waals surface area contributed by atoms with Gasteiger partial charge in [0.05, 0.1) is 18.7 Å². The third-order valence-electron chi connectivity index (χ3n) is 3.46. The Balaban J connectivity index is 2.16. The molecule has 1 fully saturated rings. The van der Waals surface area contributed by atoms with E-state index >= 15 is 0 Å². The van der Waals surface area contributed by atoms with Gasteiger partial charge in [-0.05, 0) is 37.8 Å². The molecule has 1 amide bonds. The first-order valence-corrected chi connectivity index (χ1v) is 7.13. The second-order valence-corrected chi connectivity index (χ2v) is 5.62. The predicted octanol–water partition coefficient (Wildman–Crippen LogP) is 1.78. The standard InChI is InChI=1S/C13H18N2O3S/c1-7-6-19-11(13(17)18-3)10(7)15-12(16)9-4-5-14-8(9)2/h6,8-9,14H,4-5H2,1-3H3,(H,15,16). The Labute approximate surface area is 116 Å². The first-order valence-electron chi connectivity index (χ1n) is 6.25. The fraction of sp³-hybridized carbons (Fsp3) is 0.538. The molecule has 0 radical (unpaired) electrons. The number of nitrogens with one attached hydrogen (secondary N) is 2. The van der Waals surface area contributed by atoms with Crippen LogP contribution >= 0.6 is 11.3 Å². The van der Waals surface area contributed by atoms with Gasteiger partial charge in [-0.1, -0.05) is 0 Å². The Morgan fingerprint density at radius 1 is 1.53 bits per heavy atom. The van der Waals surface area contributed by atoms with Crippen LogP contribution in [0, 0.1) is 12.8 Å². The smallest absolute Gasteiger partial charge is 0.350 e. The van der Waals surface area contributed by atoms with Gasteiger partial charge in [0.1, 0.15) is 4.88 Å². The van der Waals surface area contributed by atoms with Gasteiger partial charge in [0, 0.05) is 6.04 Å². The summed E-state index contributed by atoms with van der Waals surface area (Å²) in [6.07, 6.45) is 0.823. The molecule has 0 aliphatic carbocycles. The van der Waals surface area contributed by atoms with Gasteiger partial charge in [-0.25, -0.2) is 4.79 Å². The molecule has 1 aliphatic heterocycles. The lowest BCUT2D eigenvalue weighted by Gasteiger charge is -2.15. The van der Waals surface area contributed by atoms with E-state index in [2.05, 4.69) is 10.6 Å². The molecule has 1 aliphatic rings. The molecule has 2 rings (SSSR count). The monoisotopic (exact) mass is 282 g/mol. The minimum Gasteiger partial charge on any atom is -0.465 e. The summed E-state index contributed by atoms with van der Waals surface area (Å²) in [5.41, 5.74) is 1.47. The van der Waals surface area contributed by atoms with Crippen LogP contribution in [-0.2, 0) is 9.53 Å². The molecule has 2 N–H and O–H groups in total. The summed E-state index contributed by atoms with van der Waals surface area (Å²) in [5.74, 6) is -0.500. The van der Waals surface area contributed by atoms with Crippen LogP contribution in [0.25, 0.3) is 0 Å². The van der Waals surface area contributed by atoms with Crippen LogP contribution in [0.3, 0.4) is 0 Å². The number of rotatable bonds is 3. The summed E-state index contributed by atoms with van der Waals surface area (Å²) in [5, 5.41) is 7.97. The van der Waals surface area contributed by atoms with Crippen LogP contribution < -0.4 is 10.6 Å². The number of anilines is 1. The second-order valence-electron chi connectivity index (χ2n) is 4.74. The van der Waals surface area contributed by atoms with Crippen molar-refractivity contribution in [2.24, 2.45) is 5.92 Å². The minimum atomic E-state index is -0.411. The molecule has 2 heterocycles. The fourth-order valence-electron chi connectivity index (χ4n) is 2.28. The molecule has 19 heavy (non-hydrogen) atoms. The molecular weight excluding hydrogens is 264 g/mol. The van der Waals surface area contributed by atoms with Gasteiger partial charge in [-0.2, -0.15) is 0 Å². The molecule has 1 saturated heterocycles. The lowest BCUT2D eigenvalue weighted by atomic mass is 10.0. The molecule has 0 aromatic carbocycles. The quantitative estimate of drug-likeness (QED) is 0.829. The van der Waals surface area contributed by atoms with E-state index in [1.54, 1.807) is 0 Å². The number of carbonyl (C=O) groups is 2. The zero-order chi connectivity index (χ0) is 14.0. The first-order chi connectivity index (χ1) is 9.04. The summed E-state index contributed by atoms with van der Waals surface area (Å²) in [4.78, 5) is 24.3. The van der Waals surface area contributed by atoms with Crippen molar-refractivity contribution >= 4 is 28.9 Å². The van der Waals surface area contributed by atoms with Crippen LogP contribution in [0.2, 0.25) is 0 Å². The number of methoxy groups -OCH3 is 1. The minimum absolute atomic E-state index is 0.0378. The summed E-state index contributed by atoms with van der Waals surface area (Å²) in [6, 6.07) is 0.167. The van der Waals surface area contributed by atoms with Crippen LogP contribution in [0.5, 0.6) is 0 Å². The Hall–Kier alpha value is -1.40. The van der Waals surface area contributed by atoms with Crippen molar-refractivity contribution in [3.05, 3.63) is 15.8 Å². The number of esters is 1. The predicted molar refractivity (Wildman–Crippen MR) is 74.6 cm³/mol. The van der Waals surface area contributed by atoms with E-state index in [-0.39, 0.29) is 17.9 Å². The van der Waals surface area contributed by atoms with Gasteiger partial charge in [0.2, 0.25) is 5.91 Å². The summed E-state index contributed by atoms with van der Waals surface area (Å²) < 4.78 is 4.73. The van der Waals surface area contributed by atoms with Crippen molar-refractivity contribution in [2.45, 2.75) is 26.3 Å². The van der Waals surface area contributed by atoms with Crippen LogP contribution in [-0.4, -0.2) is 31.6 Å². The number of ether oxygens (including phenoxy) is 1.